The van der Waals surface area contributed by atoms with Gasteiger partial charge < -0.3 is 9.47 Å². The first kappa shape index (κ1) is 10.2. The van der Waals surface area contributed by atoms with Crippen LogP contribution in [-0.2, 0) is 4.79 Å². The topological polar surface area (TPSA) is 78.7 Å². The number of aldehydes is 1. The van der Waals surface area contributed by atoms with Crippen LogP contribution in [0.5, 0.6) is 11.5 Å². The van der Waals surface area contributed by atoms with E-state index in [9.17, 15) is 14.9 Å². The van der Waals surface area contributed by atoms with Crippen molar-refractivity contribution in [2.75, 3.05) is 6.79 Å². The summed E-state index contributed by atoms with van der Waals surface area (Å²) in [5.41, 5.74) is 0.0157. The fourth-order valence-electron chi connectivity index (χ4n) is 1.30. The van der Waals surface area contributed by atoms with E-state index in [-0.39, 0.29) is 13.1 Å². The van der Waals surface area contributed by atoms with E-state index in [0.717, 1.165) is 0 Å². The lowest BCUT2D eigenvalue weighted by atomic mass is 10.2. The number of hydrogen-bond acceptors (Lipinski definition) is 5. The van der Waals surface area contributed by atoms with Gasteiger partial charge in [-0.05, 0) is 17.7 Å². The van der Waals surface area contributed by atoms with Gasteiger partial charge >= 0.3 is 5.70 Å². The maximum absolute atomic E-state index is 10.4. The summed E-state index contributed by atoms with van der Waals surface area (Å²) in [4.78, 5) is 20.1. The molecule has 1 aromatic rings. The van der Waals surface area contributed by atoms with Crippen LogP contribution < -0.4 is 9.47 Å². The Hall–Kier alpha value is -2.37. The molecule has 16 heavy (non-hydrogen) atoms. The Morgan fingerprint density at radius 1 is 1.38 bits per heavy atom. The summed E-state index contributed by atoms with van der Waals surface area (Å²) in [6, 6.07) is 4.83. The minimum Gasteiger partial charge on any atom is -0.454 e. The van der Waals surface area contributed by atoms with Crippen LogP contribution in [0, 0.1) is 10.1 Å². The number of fused-ring (bicyclic) bond motifs is 1. The van der Waals surface area contributed by atoms with Gasteiger partial charge in [0.1, 0.15) is 0 Å². The van der Waals surface area contributed by atoms with Crippen LogP contribution in [0.4, 0.5) is 0 Å². The molecule has 1 heterocycles. The van der Waals surface area contributed by atoms with Gasteiger partial charge in [0.25, 0.3) is 0 Å². The van der Waals surface area contributed by atoms with E-state index >= 15 is 0 Å². The van der Waals surface area contributed by atoms with E-state index in [4.69, 9.17) is 9.47 Å². The van der Waals surface area contributed by atoms with Gasteiger partial charge in [0.05, 0.1) is 4.92 Å². The number of carbonyl (C=O) groups is 1. The number of nitro groups is 1. The molecule has 0 fully saturated rings. The van der Waals surface area contributed by atoms with Crippen molar-refractivity contribution in [2.45, 2.75) is 0 Å². The first-order chi connectivity index (χ1) is 7.70. The number of hydrogen-bond donors (Lipinski definition) is 0. The van der Waals surface area contributed by atoms with Crippen molar-refractivity contribution >= 4 is 12.4 Å². The number of rotatable bonds is 3. The van der Waals surface area contributed by atoms with E-state index in [1.54, 1.807) is 18.2 Å². The highest BCUT2D eigenvalue weighted by Gasteiger charge is 2.14. The largest absolute Gasteiger partial charge is 0.454 e. The Morgan fingerprint density at radius 2 is 2.12 bits per heavy atom. The third kappa shape index (κ3) is 1.85. The first-order valence-electron chi connectivity index (χ1n) is 4.41. The summed E-state index contributed by atoms with van der Waals surface area (Å²) in [5.74, 6) is 1.10. The smallest absolute Gasteiger partial charge is 0.309 e. The molecule has 0 N–H and O–H groups in total. The second-order valence-corrected chi connectivity index (χ2v) is 3.06. The molecule has 0 bridgehead atoms. The molecule has 0 unspecified atom stereocenters. The Morgan fingerprint density at radius 3 is 2.81 bits per heavy atom. The maximum Gasteiger partial charge on any atom is 0.309 e. The molecular formula is C10H7NO5. The fraction of sp³-hybridized carbons (Fsp3) is 0.100. The maximum atomic E-state index is 10.4. The van der Waals surface area contributed by atoms with Crippen LogP contribution >= 0.6 is 0 Å². The fourth-order valence-corrected chi connectivity index (χ4v) is 1.30. The molecule has 1 aromatic carbocycles. The molecule has 6 nitrogen and oxygen atoms in total. The van der Waals surface area contributed by atoms with Gasteiger partial charge in [-0.1, -0.05) is 6.07 Å². The highest BCUT2D eigenvalue weighted by atomic mass is 16.7. The zero-order chi connectivity index (χ0) is 11.5. The second-order valence-electron chi connectivity index (χ2n) is 3.06. The van der Waals surface area contributed by atoms with Crippen molar-refractivity contribution in [2.24, 2.45) is 0 Å². The Labute approximate surface area is 90.2 Å². The summed E-state index contributed by atoms with van der Waals surface area (Å²) < 4.78 is 10.2. The van der Waals surface area contributed by atoms with Crippen molar-refractivity contribution in [3.05, 3.63) is 39.6 Å². The van der Waals surface area contributed by atoms with E-state index in [0.29, 0.717) is 17.1 Å². The van der Waals surface area contributed by atoms with Gasteiger partial charge in [0.15, 0.2) is 11.5 Å². The summed E-state index contributed by atoms with van der Waals surface area (Å²) >= 11 is 0. The molecular weight excluding hydrogens is 214 g/mol. The van der Waals surface area contributed by atoms with E-state index < -0.39 is 10.6 Å². The van der Waals surface area contributed by atoms with Gasteiger partial charge in [-0.3, -0.25) is 14.9 Å². The molecule has 0 radical (unpaired) electrons. The number of carbonyl (C=O) groups excluding carboxylic acids is 1. The first-order valence-corrected chi connectivity index (χ1v) is 4.41. The third-order valence-electron chi connectivity index (χ3n) is 2.04. The third-order valence-corrected chi connectivity index (χ3v) is 2.04. The average Bonchev–Trinajstić information content (AvgIpc) is 2.72. The molecule has 1 aliphatic rings. The van der Waals surface area contributed by atoms with Crippen LogP contribution in [0.1, 0.15) is 5.56 Å². The van der Waals surface area contributed by atoms with E-state index in [2.05, 4.69) is 0 Å². The molecule has 1 aliphatic heterocycles. The SMILES string of the molecule is O=CC(=Cc1ccc2c(c1)OCO2)[N+](=O)[O-]. The Bertz CT molecular complexity index is 480. The van der Waals surface area contributed by atoms with Gasteiger partial charge in [0, 0.05) is 6.08 Å². The number of ether oxygens (including phenoxy) is 2. The van der Waals surface area contributed by atoms with E-state index in [1.807, 2.05) is 0 Å². The monoisotopic (exact) mass is 221 g/mol. The summed E-state index contributed by atoms with van der Waals surface area (Å²) in [5, 5.41) is 10.4. The molecule has 0 spiro atoms. The van der Waals surface area contributed by atoms with Crippen LogP contribution in [0.2, 0.25) is 0 Å². The normalized spacial score (nSPS) is 13.6. The van der Waals surface area contributed by atoms with Gasteiger partial charge in [0.2, 0.25) is 13.1 Å². The lowest BCUT2D eigenvalue weighted by molar-refractivity contribution is -0.415. The molecule has 0 saturated heterocycles. The van der Waals surface area contributed by atoms with Gasteiger partial charge in [-0.15, -0.1) is 0 Å². The Balaban J connectivity index is 2.35. The molecule has 0 aromatic heterocycles. The van der Waals surface area contributed by atoms with Crippen molar-refractivity contribution in [1.82, 2.24) is 0 Å². The molecule has 82 valence electrons. The van der Waals surface area contributed by atoms with Crippen molar-refractivity contribution in [3.8, 4) is 11.5 Å². The molecule has 0 aliphatic carbocycles. The molecule has 0 atom stereocenters. The Kier molecular flexibility index (Phi) is 2.55. The average molecular weight is 221 g/mol. The number of benzene rings is 1. The van der Waals surface area contributed by atoms with Gasteiger partial charge in [-0.25, -0.2) is 0 Å². The van der Waals surface area contributed by atoms with Crippen molar-refractivity contribution in [1.29, 1.82) is 0 Å². The van der Waals surface area contributed by atoms with Crippen LogP contribution in [0.25, 0.3) is 6.08 Å². The van der Waals surface area contributed by atoms with Crippen molar-refractivity contribution in [3.63, 3.8) is 0 Å². The van der Waals surface area contributed by atoms with Crippen LogP contribution in [0.3, 0.4) is 0 Å². The highest BCUT2D eigenvalue weighted by Crippen LogP contribution is 2.32. The zero-order valence-electron chi connectivity index (χ0n) is 8.08. The number of allylic oxidation sites excluding steroid dienone is 1. The van der Waals surface area contributed by atoms with Crippen LogP contribution in [-0.4, -0.2) is 18.0 Å². The lowest BCUT2D eigenvalue weighted by Crippen LogP contribution is -1.99. The van der Waals surface area contributed by atoms with Crippen LogP contribution in [0.15, 0.2) is 23.9 Å². The standard InChI is InChI=1S/C10H7NO5/c12-5-8(11(13)14)3-7-1-2-9-10(4-7)16-6-15-9/h1-5H,6H2. The second kappa shape index (κ2) is 4.01. The molecule has 2 rings (SSSR count). The quantitative estimate of drug-likeness (QED) is 0.332. The van der Waals surface area contributed by atoms with Crippen molar-refractivity contribution < 1.29 is 19.2 Å². The predicted molar refractivity (Wildman–Crippen MR) is 53.6 cm³/mol. The summed E-state index contributed by atoms with van der Waals surface area (Å²) in [6.07, 6.45) is 1.37. The predicted octanol–water partition coefficient (Wildman–Crippen LogP) is 1.23. The summed E-state index contributed by atoms with van der Waals surface area (Å²) in [7, 11) is 0. The van der Waals surface area contributed by atoms with E-state index in [1.165, 1.54) is 6.08 Å². The number of nitrogens with zero attached hydrogens (tertiary/aromatic N) is 1. The molecule has 6 heteroatoms. The summed E-state index contributed by atoms with van der Waals surface area (Å²) in [6.45, 7) is 0.137. The molecule has 0 saturated carbocycles. The molecule has 0 amide bonds. The minimum atomic E-state index is -0.739. The minimum absolute atomic E-state index is 0.137. The van der Waals surface area contributed by atoms with Gasteiger partial charge in [-0.2, -0.15) is 0 Å². The zero-order valence-corrected chi connectivity index (χ0v) is 8.08. The lowest BCUT2D eigenvalue weighted by Gasteiger charge is -1.97. The highest BCUT2D eigenvalue weighted by molar-refractivity contribution is 5.78.